The fourth-order valence-electron chi connectivity index (χ4n) is 3.02. The van der Waals surface area contributed by atoms with Crippen LogP contribution in [-0.2, 0) is 4.74 Å². The van der Waals surface area contributed by atoms with E-state index in [-0.39, 0.29) is 22.1 Å². The van der Waals surface area contributed by atoms with Gasteiger partial charge >= 0.3 is 5.97 Å². The molecule has 136 valence electrons. The van der Waals surface area contributed by atoms with Gasteiger partial charge in [0.25, 0.3) is 5.69 Å². The van der Waals surface area contributed by atoms with E-state index in [9.17, 15) is 19.7 Å². The second kappa shape index (κ2) is 6.92. The molecule has 1 aromatic carbocycles. The lowest BCUT2D eigenvalue weighted by Crippen LogP contribution is -2.15. The van der Waals surface area contributed by atoms with Crippen LogP contribution >= 0.6 is 11.6 Å². The maximum absolute atomic E-state index is 12.4. The minimum Gasteiger partial charge on any atom is -0.454 e. The summed E-state index contributed by atoms with van der Waals surface area (Å²) in [7, 11) is 0. The van der Waals surface area contributed by atoms with E-state index in [4.69, 9.17) is 16.3 Å². The lowest BCUT2D eigenvalue weighted by Gasteiger charge is -2.08. The number of benzene rings is 1. The van der Waals surface area contributed by atoms with Crippen molar-refractivity contribution in [1.82, 2.24) is 4.57 Å². The quantitative estimate of drug-likeness (QED) is 0.328. The lowest BCUT2D eigenvalue weighted by molar-refractivity contribution is -0.384. The summed E-state index contributed by atoms with van der Waals surface area (Å²) in [4.78, 5) is 34.6. The highest BCUT2D eigenvalue weighted by atomic mass is 35.5. The number of nitrogens with zero attached hydrogens (tertiary/aromatic N) is 2. The summed E-state index contributed by atoms with van der Waals surface area (Å²) >= 11 is 5.90. The van der Waals surface area contributed by atoms with E-state index in [2.05, 4.69) is 4.57 Å². The highest BCUT2D eigenvalue weighted by Crippen LogP contribution is 2.38. The van der Waals surface area contributed by atoms with Crippen LogP contribution in [0.4, 0.5) is 5.69 Å². The monoisotopic (exact) mass is 376 g/mol. The van der Waals surface area contributed by atoms with Crippen molar-refractivity contribution < 1.29 is 19.2 Å². The largest absolute Gasteiger partial charge is 0.454 e. The Bertz CT molecular complexity index is 915. The minimum atomic E-state index is -0.797. The highest BCUT2D eigenvalue weighted by molar-refractivity contribution is 6.33. The Labute approximate surface area is 154 Å². The first-order valence-corrected chi connectivity index (χ1v) is 8.50. The molecule has 0 unspecified atom stereocenters. The molecule has 0 atom stereocenters. The summed E-state index contributed by atoms with van der Waals surface area (Å²) in [5, 5.41) is 10.6. The van der Waals surface area contributed by atoms with Crippen molar-refractivity contribution in [2.75, 3.05) is 6.61 Å². The lowest BCUT2D eigenvalue weighted by atomic mass is 10.1. The fraction of sp³-hybridized carbons (Fsp3) is 0.333. The van der Waals surface area contributed by atoms with Gasteiger partial charge in [-0.25, -0.2) is 4.79 Å². The number of hydrogen-bond acceptors (Lipinski definition) is 5. The summed E-state index contributed by atoms with van der Waals surface area (Å²) in [6.07, 6.45) is 2.22. The molecule has 1 saturated carbocycles. The average Bonchev–Trinajstić information content (AvgIpc) is 3.37. The first-order chi connectivity index (χ1) is 12.3. The first kappa shape index (κ1) is 18.1. The van der Waals surface area contributed by atoms with E-state index in [1.807, 2.05) is 19.9 Å². The number of ketones is 1. The van der Waals surface area contributed by atoms with Gasteiger partial charge in [0, 0.05) is 35.1 Å². The second-order valence-corrected chi connectivity index (χ2v) is 6.71. The van der Waals surface area contributed by atoms with Crippen molar-refractivity contribution in [2.45, 2.75) is 32.7 Å². The zero-order valence-corrected chi connectivity index (χ0v) is 15.1. The van der Waals surface area contributed by atoms with Gasteiger partial charge in [-0.05, 0) is 38.8 Å². The SMILES string of the molecule is Cc1cc(C(=O)COC(=O)c2ccc([N+](=O)[O-])cc2Cl)c(C)n1C1CC1. The predicted octanol–water partition coefficient (Wildman–Crippen LogP) is 4.04. The van der Waals surface area contributed by atoms with E-state index in [0.29, 0.717) is 11.6 Å². The molecule has 3 rings (SSSR count). The zero-order valence-electron chi connectivity index (χ0n) is 14.3. The maximum Gasteiger partial charge on any atom is 0.340 e. The molecule has 8 heteroatoms. The van der Waals surface area contributed by atoms with Crippen molar-refractivity contribution in [3.8, 4) is 0 Å². The molecule has 0 spiro atoms. The smallest absolute Gasteiger partial charge is 0.340 e. The van der Waals surface area contributed by atoms with Gasteiger partial charge in [-0.15, -0.1) is 0 Å². The molecular formula is C18H17ClN2O5. The van der Waals surface area contributed by atoms with Crippen LogP contribution in [0.15, 0.2) is 24.3 Å². The van der Waals surface area contributed by atoms with Gasteiger partial charge in [-0.1, -0.05) is 11.6 Å². The normalized spacial score (nSPS) is 13.5. The van der Waals surface area contributed by atoms with Crippen LogP contribution < -0.4 is 0 Å². The summed E-state index contributed by atoms with van der Waals surface area (Å²) in [5.41, 5.74) is 2.18. The summed E-state index contributed by atoms with van der Waals surface area (Å²) in [5.74, 6) is -1.09. The Balaban J connectivity index is 1.69. The van der Waals surface area contributed by atoms with Crippen molar-refractivity contribution in [3.63, 3.8) is 0 Å². The van der Waals surface area contributed by atoms with Crippen molar-refractivity contribution in [3.05, 3.63) is 61.9 Å². The number of halogens is 1. The molecule has 0 N–H and O–H groups in total. The van der Waals surface area contributed by atoms with E-state index in [1.54, 1.807) is 0 Å². The van der Waals surface area contributed by atoms with E-state index < -0.39 is 17.5 Å². The molecule has 0 amide bonds. The fourth-order valence-corrected chi connectivity index (χ4v) is 3.28. The Morgan fingerprint density at radius 3 is 2.54 bits per heavy atom. The number of Topliss-reactive ketones (excluding diaryl/α,β-unsaturated/α-hetero) is 1. The van der Waals surface area contributed by atoms with E-state index in [0.717, 1.165) is 36.4 Å². The van der Waals surface area contributed by atoms with E-state index in [1.165, 1.54) is 6.07 Å². The zero-order chi connectivity index (χ0) is 19.0. The average molecular weight is 377 g/mol. The molecule has 1 heterocycles. The molecule has 0 saturated heterocycles. The van der Waals surface area contributed by atoms with Gasteiger partial charge in [0.05, 0.1) is 15.5 Å². The van der Waals surface area contributed by atoms with Gasteiger partial charge in [0.1, 0.15) is 0 Å². The number of carbonyl (C=O) groups is 2. The molecule has 1 fully saturated rings. The number of nitro benzene ring substituents is 1. The predicted molar refractivity (Wildman–Crippen MR) is 94.9 cm³/mol. The molecule has 0 radical (unpaired) electrons. The molecular weight excluding hydrogens is 360 g/mol. The number of aromatic nitrogens is 1. The maximum atomic E-state index is 12.4. The molecule has 0 aliphatic heterocycles. The van der Waals surface area contributed by atoms with Crippen molar-refractivity contribution in [2.24, 2.45) is 0 Å². The summed E-state index contributed by atoms with van der Waals surface area (Å²) < 4.78 is 7.19. The Hall–Kier alpha value is -2.67. The molecule has 2 aromatic rings. The minimum absolute atomic E-state index is 0.0199. The van der Waals surface area contributed by atoms with Crippen LogP contribution in [0.2, 0.25) is 5.02 Å². The first-order valence-electron chi connectivity index (χ1n) is 8.12. The molecule has 26 heavy (non-hydrogen) atoms. The summed E-state index contributed by atoms with van der Waals surface area (Å²) in [6.45, 7) is 3.42. The third kappa shape index (κ3) is 3.48. The number of rotatable bonds is 6. The molecule has 1 aliphatic rings. The third-order valence-corrected chi connectivity index (χ3v) is 4.73. The third-order valence-electron chi connectivity index (χ3n) is 4.41. The van der Waals surface area contributed by atoms with Crippen LogP contribution in [0, 0.1) is 24.0 Å². The van der Waals surface area contributed by atoms with Gasteiger partial charge in [-0.2, -0.15) is 0 Å². The molecule has 0 bridgehead atoms. The number of carbonyl (C=O) groups excluding carboxylic acids is 2. The standard InChI is InChI=1S/C18H17ClN2O5/c1-10-7-15(11(2)20(10)12-3-4-12)17(22)9-26-18(23)14-6-5-13(21(24)25)8-16(14)19/h5-8,12H,3-4,9H2,1-2H3. The molecule has 1 aromatic heterocycles. The number of hydrogen-bond donors (Lipinski definition) is 0. The van der Waals surface area contributed by atoms with Crippen molar-refractivity contribution >= 4 is 29.0 Å². The van der Waals surface area contributed by atoms with Gasteiger partial charge in [0.15, 0.2) is 6.61 Å². The highest BCUT2D eigenvalue weighted by Gasteiger charge is 2.28. The van der Waals surface area contributed by atoms with Crippen LogP contribution in [0.25, 0.3) is 0 Å². The van der Waals surface area contributed by atoms with Crippen LogP contribution in [0.1, 0.15) is 51.0 Å². The summed E-state index contributed by atoms with van der Waals surface area (Å²) in [6, 6.07) is 5.71. The molecule has 7 nitrogen and oxygen atoms in total. The van der Waals surface area contributed by atoms with Crippen molar-refractivity contribution in [1.29, 1.82) is 0 Å². The number of non-ortho nitro benzene ring substituents is 1. The Morgan fingerprint density at radius 2 is 1.96 bits per heavy atom. The van der Waals surface area contributed by atoms with Gasteiger partial charge in [-0.3, -0.25) is 14.9 Å². The molecule has 1 aliphatic carbocycles. The Morgan fingerprint density at radius 1 is 1.27 bits per heavy atom. The van der Waals surface area contributed by atoms with Gasteiger partial charge in [0.2, 0.25) is 5.78 Å². The van der Waals surface area contributed by atoms with Crippen LogP contribution in [0.3, 0.4) is 0 Å². The number of aryl methyl sites for hydroxylation is 1. The number of ether oxygens (including phenoxy) is 1. The number of esters is 1. The van der Waals surface area contributed by atoms with Crippen LogP contribution in [-0.4, -0.2) is 27.8 Å². The van der Waals surface area contributed by atoms with Gasteiger partial charge < -0.3 is 9.30 Å². The van der Waals surface area contributed by atoms with Crippen LogP contribution in [0.5, 0.6) is 0 Å². The number of nitro groups is 1. The second-order valence-electron chi connectivity index (χ2n) is 6.31. The Kier molecular flexibility index (Phi) is 4.82. The van der Waals surface area contributed by atoms with E-state index >= 15 is 0 Å². The topological polar surface area (TPSA) is 91.4 Å².